The first kappa shape index (κ1) is 13.7. The van der Waals surface area contributed by atoms with Crippen LogP contribution in [0.5, 0.6) is 0 Å². The van der Waals surface area contributed by atoms with Gasteiger partial charge in [-0.15, -0.1) is 0 Å². The number of hydrogen-bond acceptors (Lipinski definition) is 3. The van der Waals surface area contributed by atoms with E-state index < -0.39 is 0 Å². The molecule has 4 nitrogen and oxygen atoms in total. The Kier molecular flexibility index (Phi) is 4.68. The minimum absolute atomic E-state index is 0.0232. The van der Waals surface area contributed by atoms with Crippen molar-refractivity contribution in [2.75, 3.05) is 6.54 Å². The van der Waals surface area contributed by atoms with E-state index in [1.807, 2.05) is 18.2 Å². The minimum Gasteiger partial charge on any atom is -0.311 e. The maximum absolute atomic E-state index is 11.9. The van der Waals surface area contributed by atoms with E-state index >= 15 is 0 Å². The molecule has 0 radical (unpaired) electrons. The van der Waals surface area contributed by atoms with Crippen molar-refractivity contribution < 1.29 is 0 Å². The lowest BCUT2D eigenvalue weighted by Gasteiger charge is -2.13. The highest BCUT2D eigenvalue weighted by atomic mass is 16.1. The molecule has 2 heterocycles. The third kappa shape index (κ3) is 3.41. The van der Waals surface area contributed by atoms with E-state index in [1.165, 1.54) is 12.8 Å². The van der Waals surface area contributed by atoms with Gasteiger partial charge in [0.05, 0.1) is 5.69 Å². The van der Waals surface area contributed by atoms with E-state index in [9.17, 15) is 4.79 Å². The fourth-order valence-corrected chi connectivity index (χ4v) is 2.18. The average molecular weight is 259 g/mol. The van der Waals surface area contributed by atoms with E-state index in [2.05, 4.69) is 24.1 Å². The molecule has 0 aliphatic heterocycles. The van der Waals surface area contributed by atoms with Crippen LogP contribution < -0.4 is 10.9 Å². The van der Waals surface area contributed by atoms with Crippen molar-refractivity contribution in [2.45, 2.75) is 33.2 Å². The molecule has 0 saturated heterocycles. The van der Waals surface area contributed by atoms with E-state index in [1.54, 1.807) is 16.7 Å². The zero-order valence-electron chi connectivity index (χ0n) is 11.6. The van der Waals surface area contributed by atoms with E-state index in [0.717, 1.165) is 12.2 Å². The number of nitrogens with zero attached hydrogens (tertiary/aromatic N) is 2. The second-order valence-corrected chi connectivity index (χ2v) is 4.83. The van der Waals surface area contributed by atoms with E-state index in [-0.39, 0.29) is 5.56 Å². The highest BCUT2D eigenvalue weighted by Crippen LogP contribution is 2.05. The quantitative estimate of drug-likeness (QED) is 0.865. The first-order valence-corrected chi connectivity index (χ1v) is 6.92. The zero-order valence-corrected chi connectivity index (χ0v) is 11.6. The van der Waals surface area contributed by atoms with Gasteiger partial charge in [-0.05, 0) is 24.6 Å². The molecule has 2 aromatic rings. The number of pyridine rings is 1. The van der Waals surface area contributed by atoms with Gasteiger partial charge >= 0.3 is 0 Å². The largest absolute Gasteiger partial charge is 0.311 e. The predicted molar refractivity (Wildman–Crippen MR) is 77.2 cm³/mol. The summed E-state index contributed by atoms with van der Waals surface area (Å²) < 4.78 is 1.56. The minimum atomic E-state index is -0.0232. The number of aromatic nitrogens is 2. The summed E-state index contributed by atoms with van der Waals surface area (Å²) in [5.41, 5.74) is 1.49. The Balaban J connectivity index is 2.07. The molecule has 0 amide bonds. The van der Waals surface area contributed by atoms with Gasteiger partial charge in [-0.25, -0.2) is 4.98 Å². The van der Waals surface area contributed by atoms with Gasteiger partial charge in [0.2, 0.25) is 0 Å². The van der Waals surface area contributed by atoms with Crippen molar-refractivity contribution >= 4 is 5.65 Å². The molecular formula is C15H21N3O. The van der Waals surface area contributed by atoms with Gasteiger partial charge in [0, 0.05) is 18.8 Å². The molecule has 2 rings (SSSR count). The molecule has 0 aromatic carbocycles. The van der Waals surface area contributed by atoms with Crippen LogP contribution >= 0.6 is 0 Å². The Hall–Kier alpha value is -1.68. The number of nitrogens with one attached hydrogen (secondary N) is 1. The van der Waals surface area contributed by atoms with Crippen LogP contribution in [-0.4, -0.2) is 15.9 Å². The molecule has 102 valence electrons. The smallest absolute Gasteiger partial charge is 0.258 e. The van der Waals surface area contributed by atoms with Crippen molar-refractivity contribution in [3.8, 4) is 0 Å². The molecule has 19 heavy (non-hydrogen) atoms. The number of fused-ring (bicyclic) bond motifs is 1. The summed E-state index contributed by atoms with van der Waals surface area (Å²) in [7, 11) is 0. The Morgan fingerprint density at radius 3 is 2.84 bits per heavy atom. The molecule has 1 N–H and O–H groups in total. The molecular weight excluding hydrogens is 238 g/mol. The molecule has 0 fully saturated rings. The first-order valence-electron chi connectivity index (χ1n) is 6.92. The molecule has 0 bridgehead atoms. The summed E-state index contributed by atoms with van der Waals surface area (Å²) in [6.45, 7) is 6.03. The molecule has 0 spiro atoms. The fourth-order valence-electron chi connectivity index (χ4n) is 2.18. The summed E-state index contributed by atoms with van der Waals surface area (Å²) in [5, 5.41) is 3.38. The van der Waals surface area contributed by atoms with Gasteiger partial charge < -0.3 is 5.32 Å². The predicted octanol–water partition coefficient (Wildman–Crippen LogP) is 2.22. The molecule has 0 unspecified atom stereocenters. The summed E-state index contributed by atoms with van der Waals surface area (Å²) in [6.07, 6.45) is 4.10. The van der Waals surface area contributed by atoms with Crippen molar-refractivity contribution in [2.24, 2.45) is 5.92 Å². The van der Waals surface area contributed by atoms with Crippen LogP contribution in [0.2, 0.25) is 0 Å². The van der Waals surface area contributed by atoms with Crippen LogP contribution in [0.25, 0.3) is 5.65 Å². The molecule has 0 aliphatic rings. The number of hydrogen-bond donors (Lipinski definition) is 1. The van der Waals surface area contributed by atoms with Crippen LogP contribution in [0.1, 0.15) is 32.4 Å². The monoisotopic (exact) mass is 259 g/mol. The van der Waals surface area contributed by atoms with Gasteiger partial charge in [-0.2, -0.15) is 0 Å². The van der Waals surface area contributed by atoms with Gasteiger partial charge in [0.15, 0.2) is 0 Å². The third-order valence-electron chi connectivity index (χ3n) is 3.52. The molecule has 2 aromatic heterocycles. The second kappa shape index (κ2) is 6.48. The topological polar surface area (TPSA) is 46.4 Å². The summed E-state index contributed by atoms with van der Waals surface area (Å²) in [4.78, 5) is 16.4. The van der Waals surface area contributed by atoms with Gasteiger partial charge in [-0.1, -0.05) is 32.8 Å². The molecule has 0 aliphatic carbocycles. The maximum Gasteiger partial charge on any atom is 0.258 e. The van der Waals surface area contributed by atoms with Crippen LogP contribution in [0.3, 0.4) is 0 Å². The van der Waals surface area contributed by atoms with E-state index in [0.29, 0.717) is 18.1 Å². The van der Waals surface area contributed by atoms with Crippen molar-refractivity contribution in [3.63, 3.8) is 0 Å². The molecule has 4 heteroatoms. The Bertz CT molecular complexity index is 587. The molecule has 0 saturated carbocycles. The third-order valence-corrected chi connectivity index (χ3v) is 3.52. The van der Waals surface area contributed by atoms with Crippen molar-refractivity contribution in [1.29, 1.82) is 0 Å². The highest BCUT2D eigenvalue weighted by molar-refractivity contribution is 5.37. The van der Waals surface area contributed by atoms with Gasteiger partial charge in [0.25, 0.3) is 5.56 Å². The summed E-state index contributed by atoms with van der Waals surface area (Å²) in [5.74, 6) is 0.696. The van der Waals surface area contributed by atoms with Gasteiger partial charge in [-0.3, -0.25) is 9.20 Å². The van der Waals surface area contributed by atoms with Crippen LogP contribution in [0.15, 0.2) is 35.3 Å². The number of rotatable bonds is 6. The fraction of sp³-hybridized carbons (Fsp3) is 0.467. The van der Waals surface area contributed by atoms with Crippen molar-refractivity contribution in [3.05, 3.63) is 46.5 Å². The first-order chi connectivity index (χ1) is 9.24. The highest BCUT2D eigenvalue weighted by Gasteiger charge is 2.04. The Morgan fingerprint density at radius 1 is 1.32 bits per heavy atom. The zero-order chi connectivity index (χ0) is 13.7. The maximum atomic E-state index is 11.9. The lowest BCUT2D eigenvalue weighted by Crippen LogP contribution is -2.24. The normalized spacial score (nSPS) is 11.3. The standard InChI is InChI=1S/C15H21N3O/c1-3-12(4-2)10-16-11-13-9-15(19)18-8-6-5-7-14(18)17-13/h5-9,12,16H,3-4,10-11H2,1-2H3. The molecule has 0 atom stereocenters. The van der Waals surface area contributed by atoms with Crippen molar-refractivity contribution in [1.82, 2.24) is 14.7 Å². The Labute approximate surface area is 113 Å². The van der Waals surface area contributed by atoms with Crippen LogP contribution in [-0.2, 0) is 6.54 Å². The average Bonchev–Trinajstić information content (AvgIpc) is 2.44. The lowest BCUT2D eigenvalue weighted by atomic mass is 10.0. The lowest BCUT2D eigenvalue weighted by molar-refractivity contribution is 0.448. The SMILES string of the molecule is CCC(CC)CNCc1cc(=O)n2ccccc2n1. The summed E-state index contributed by atoms with van der Waals surface area (Å²) >= 11 is 0. The second-order valence-electron chi connectivity index (χ2n) is 4.83. The summed E-state index contributed by atoms with van der Waals surface area (Å²) in [6, 6.07) is 7.18. The van der Waals surface area contributed by atoms with Crippen LogP contribution in [0, 0.1) is 5.92 Å². The Morgan fingerprint density at radius 2 is 2.11 bits per heavy atom. The van der Waals surface area contributed by atoms with E-state index in [4.69, 9.17) is 0 Å². The van der Waals surface area contributed by atoms with Crippen LogP contribution in [0.4, 0.5) is 0 Å². The van der Waals surface area contributed by atoms with Gasteiger partial charge in [0.1, 0.15) is 5.65 Å².